The average molecular weight is 286 g/mol. The van der Waals surface area contributed by atoms with Gasteiger partial charge in [-0.15, -0.1) is 0 Å². The Kier molecular flexibility index (Phi) is 4.62. The summed E-state index contributed by atoms with van der Waals surface area (Å²) in [5.41, 5.74) is 2.61. The molecule has 1 N–H and O–H groups in total. The van der Waals surface area contributed by atoms with Gasteiger partial charge in [0.15, 0.2) is 0 Å². The standard InChI is InChI=1S/C16H22N4O/c1-12(2)20-11-17-9-13(20)10-18-15-8-6-5-7-14(15)16(21)19(3)4/h5-9,11-12,18H,10H2,1-4H3. The Morgan fingerprint density at radius 2 is 2.05 bits per heavy atom. The molecule has 0 spiro atoms. The molecule has 0 saturated carbocycles. The summed E-state index contributed by atoms with van der Waals surface area (Å²) in [5.74, 6) is -0.00420. The second-order valence-corrected chi connectivity index (χ2v) is 5.48. The zero-order valence-corrected chi connectivity index (χ0v) is 13.0. The van der Waals surface area contributed by atoms with Crippen LogP contribution in [0.15, 0.2) is 36.8 Å². The van der Waals surface area contributed by atoms with E-state index in [-0.39, 0.29) is 5.91 Å². The Bertz CT molecular complexity index is 616. The van der Waals surface area contributed by atoms with Crippen molar-refractivity contribution in [3.63, 3.8) is 0 Å². The van der Waals surface area contributed by atoms with Crippen molar-refractivity contribution < 1.29 is 4.79 Å². The van der Waals surface area contributed by atoms with Gasteiger partial charge in [0, 0.05) is 32.0 Å². The Balaban J connectivity index is 2.17. The summed E-state index contributed by atoms with van der Waals surface area (Å²) in [6.45, 7) is 4.87. The number of carbonyl (C=O) groups is 1. The fraction of sp³-hybridized carbons (Fsp3) is 0.375. The van der Waals surface area contributed by atoms with Crippen LogP contribution < -0.4 is 5.32 Å². The number of rotatable bonds is 5. The van der Waals surface area contributed by atoms with Gasteiger partial charge in [-0.1, -0.05) is 12.1 Å². The number of hydrogen-bond acceptors (Lipinski definition) is 3. The highest BCUT2D eigenvalue weighted by atomic mass is 16.2. The number of amides is 1. The van der Waals surface area contributed by atoms with Crippen molar-refractivity contribution >= 4 is 11.6 Å². The summed E-state index contributed by atoms with van der Waals surface area (Å²) in [6.07, 6.45) is 3.68. The SMILES string of the molecule is CC(C)n1cncc1CNc1ccccc1C(=O)N(C)C. The van der Waals surface area contributed by atoms with Crippen LogP contribution in [0.2, 0.25) is 0 Å². The van der Waals surface area contributed by atoms with Gasteiger partial charge < -0.3 is 14.8 Å². The lowest BCUT2D eigenvalue weighted by Gasteiger charge is -2.16. The first-order chi connectivity index (χ1) is 10.0. The molecule has 0 saturated heterocycles. The highest BCUT2D eigenvalue weighted by molar-refractivity contribution is 5.99. The normalized spacial score (nSPS) is 10.7. The number of carbonyl (C=O) groups excluding carboxylic acids is 1. The van der Waals surface area contributed by atoms with Gasteiger partial charge in [-0.05, 0) is 26.0 Å². The second-order valence-electron chi connectivity index (χ2n) is 5.48. The number of anilines is 1. The fourth-order valence-electron chi connectivity index (χ4n) is 2.18. The molecule has 0 fully saturated rings. The summed E-state index contributed by atoms with van der Waals surface area (Å²) >= 11 is 0. The minimum absolute atomic E-state index is 0.00420. The molecule has 0 aliphatic heterocycles. The third-order valence-electron chi connectivity index (χ3n) is 3.33. The molecule has 0 aliphatic carbocycles. The van der Waals surface area contributed by atoms with E-state index in [4.69, 9.17) is 0 Å². The monoisotopic (exact) mass is 286 g/mol. The summed E-state index contributed by atoms with van der Waals surface area (Å²) in [6, 6.07) is 7.93. The van der Waals surface area contributed by atoms with Crippen LogP contribution in [0.5, 0.6) is 0 Å². The molecule has 5 heteroatoms. The number of imidazole rings is 1. The Morgan fingerprint density at radius 1 is 1.33 bits per heavy atom. The van der Waals surface area contributed by atoms with E-state index in [1.165, 1.54) is 0 Å². The minimum Gasteiger partial charge on any atom is -0.379 e. The maximum absolute atomic E-state index is 12.2. The predicted molar refractivity (Wildman–Crippen MR) is 84.4 cm³/mol. The highest BCUT2D eigenvalue weighted by Crippen LogP contribution is 2.18. The Hall–Kier alpha value is -2.30. The number of nitrogens with zero attached hydrogens (tertiary/aromatic N) is 3. The van der Waals surface area contributed by atoms with Gasteiger partial charge in [0.1, 0.15) is 0 Å². The van der Waals surface area contributed by atoms with E-state index in [0.717, 1.165) is 11.4 Å². The molecule has 112 valence electrons. The maximum Gasteiger partial charge on any atom is 0.255 e. The molecule has 1 aromatic carbocycles. The van der Waals surface area contributed by atoms with Gasteiger partial charge in [0.2, 0.25) is 0 Å². The Labute approximate surface area is 125 Å². The van der Waals surface area contributed by atoms with Crippen molar-refractivity contribution in [2.24, 2.45) is 0 Å². The minimum atomic E-state index is -0.00420. The number of aromatic nitrogens is 2. The lowest BCUT2D eigenvalue weighted by molar-refractivity contribution is 0.0828. The molecule has 5 nitrogen and oxygen atoms in total. The molecule has 0 radical (unpaired) electrons. The molecular weight excluding hydrogens is 264 g/mol. The molecule has 0 atom stereocenters. The van der Waals surface area contributed by atoms with E-state index in [1.807, 2.05) is 36.8 Å². The van der Waals surface area contributed by atoms with Crippen LogP contribution >= 0.6 is 0 Å². The molecule has 21 heavy (non-hydrogen) atoms. The second kappa shape index (κ2) is 6.43. The zero-order valence-electron chi connectivity index (χ0n) is 13.0. The first kappa shape index (κ1) is 15.1. The summed E-state index contributed by atoms with van der Waals surface area (Å²) in [7, 11) is 3.51. The molecule has 0 aliphatic rings. The zero-order chi connectivity index (χ0) is 15.4. The maximum atomic E-state index is 12.2. The van der Waals surface area contributed by atoms with E-state index in [1.54, 1.807) is 19.0 Å². The predicted octanol–water partition coefficient (Wildman–Crippen LogP) is 2.78. The molecule has 0 unspecified atom stereocenters. The van der Waals surface area contributed by atoms with Crippen molar-refractivity contribution in [3.8, 4) is 0 Å². The molecule has 2 aromatic rings. The van der Waals surface area contributed by atoms with Gasteiger partial charge in [0.25, 0.3) is 5.91 Å². The first-order valence-corrected chi connectivity index (χ1v) is 7.06. The quantitative estimate of drug-likeness (QED) is 0.919. The van der Waals surface area contributed by atoms with E-state index in [9.17, 15) is 4.79 Å². The van der Waals surface area contributed by atoms with Crippen LogP contribution in [0.3, 0.4) is 0 Å². The van der Waals surface area contributed by atoms with E-state index < -0.39 is 0 Å². The third-order valence-corrected chi connectivity index (χ3v) is 3.33. The van der Waals surface area contributed by atoms with Crippen LogP contribution in [0.1, 0.15) is 35.9 Å². The molecule has 2 rings (SSSR count). The van der Waals surface area contributed by atoms with Crippen LogP contribution in [0.4, 0.5) is 5.69 Å². The van der Waals surface area contributed by atoms with E-state index >= 15 is 0 Å². The lowest BCUT2D eigenvalue weighted by Crippen LogP contribution is -2.23. The largest absolute Gasteiger partial charge is 0.379 e. The van der Waals surface area contributed by atoms with Gasteiger partial charge in [-0.3, -0.25) is 4.79 Å². The van der Waals surface area contributed by atoms with Crippen LogP contribution in [-0.4, -0.2) is 34.5 Å². The van der Waals surface area contributed by atoms with Crippen LogP contribution in [-0.2, 0) is 6.54 Å². The lowest BCUT2D eigenvalue weighted by atomic mass is 10.1. The van der Waals surface area contributed by atoms with E-state index in [2.05, 4.69) is 28.7 Å². The van der Waals surface area contributed by atoms with Gasteiger partial charge >= 0.3 is 0 Å². The molecule has 1 amide bonds. The molecule has 0 bridgehead atoms. The van der Waals surface area contributed by atoms with Gasteiger partial charge in [-0.2, -0.15) is 0 Å². The van der Waals surface area contributed by atoms with Gasteiger partial charge in [-0.25, -0.2) is 4.98 Å². The van der Waals surface area contributed by atoms with E-state index in [0.29, 0.717) is 18.2 Å². The van der Waals surface area contributed by atoms with Crippen molar-refractivity contribution in [2.75, 3.05) is 19.4 Å². The van der Waals surface area contributed by atoms with Crippen molar-refractivity contribution in [3.05, 3.63) is 48.0 Å². The van der Waals surface area contributed by atoms with Crippen molar-refractivity contribution in [2.45, 2.75) is 26.4 Å². The third kappa shape index (κ3) is 3.42. The summed E-state index contributed by atoms with van der Waals surface area (Å²) in [4.78, 5) is 17.9. The van der Waals surface area contributed by atoms with Crippen LogP contribution in [0.25, 0.3) is 0 Å². The average Bonchev–Trinajstić information content (AvgIpc) is 2.93. The van der Waals surface area contributed by atoms with Crippen molar-refractivity contribution in [1.82, 2.24) is 14.5 Å². The number of para-hydroxylation sites is 1. The topological polar surface area (TPSA) is 50.2 Å². The molecular formula is C16H22N4O. The Morgan fingerprint density at radius 3 is 2.71 bits per heavy atom. The first-order valence-electron chi connectivity index (χ1n) is 7.06. The molecule has 1 heterocycles. The number of hydrogen-bond donors (Lipinski definition) is 1. The van der Waals surface area contributed by atoms with Crippen molar-refractivity contribution in [1.29, 1.82) is 0 Å². The molecule has 1 aromatic heterocycles. The summed E-state index contributed by atoms with van der Waals surface area (Å²) in [5, 5.41) is 3.34. The number of nitrogens with one attached hydrogen (secondary N) is 1. The van der Waals surface area contributed by atoms with Crippen LogP contribution in [0, 0.1) is 0 Å². The fourth-order valence-corrected chi connectivity index (χ4v) is 2.18. The smallest absolute Gasteiger partial charge is 0.255 e. The summed E-state index contributed by atoms with van der Waals surface area (Å²) < 4.78 is 2.11. The highest BCUT2D eigenvalue weighted by Gasteiger charge is 2.13. The number of benzene rings is 1. The van der Waals surface area contributed by atoms with Gasteiger partial charge in [0.05, 0.1) is 24.1 Å².